The van der Waals surface area contributed by atoms with E-state index in [9.17, 15) is 18.8 Å². The fourth-order valence-electron chi connectivity index (χ4n) is 3.13. The van der Waals surface area contributed by atoms with Gasteiger partial charge in [-0.25, -0.2) is 19.2 Å². The number of aromatic nitrogens is 3. The highest BCUT2D eigenvalue weighted by Gasteiger charge is 2.34. The number of hydrogen-bond acceptors (Lipinski definition) is 6. The van der Waals surface area contributed by atoms with Crippen LogP contribution in [0.3, 0.4) is 0 Å². The number of ether oxygens (including phenoxy) is 1. The molecule has 1 N–H and O–H groups in total. The van der Waals surface area contributed by atoms with Crippen LogP contribution in [0.1, 0.15) is 23.0 Å². The van der Waals surface area contributed by atoms with Gasteiger partial charge in [-0.2, -0.15) is 0 Å². The molecule has 10 heteroatoms. The van der Waals surface area contributed by atoms with Gasteiger partial charge in [0.05, 0.1) is 24.6 Å². The molecule has 2 aromatic heterocycles. The van der Waals surface area contributed by atoms with Crippen molar-refractivity contribution in [2.24, 2.45) is 0 Å². The highest BCUT2D eigenvalue weighted by atomic mass is 19.1. The lowest BCUT2D eigenvalue weighted by Crippen LogP contribution is -2.42. The molecule has 1 unspecified atom stereocenters. The zero-order chi connectivity index (χ0) is 20.5. The van der Waals surface area contributed by atoms with Gasteiger partial charge in [0, 0.05) is 24.7 Å². The number of nitrogens with one attached hydrogen (secondary N) is 1. The van der Waals surface area contributed by atoms with E-state index < -0.39 is 11.9 Å². The summed E-state index contributed by atoms with van der Waals surface area (Å²) in [7, 11) is 0. The Bertz CT molecular complexity index is 1110. The van der Waals surface area contributed by atoms with Crippen LogP contribution in [0, 0.1) is 5.82 Å². The number of carbonyl (C=O) groups excluding carboxylic acids is 3. The van der Waals surface area contributed by atoms with E-state index in [1.165, 1.54) is 22.4 Å². The van der Waals surface area contributed by atoms with Gasteiger partial charge in [0.15, 0.2) is 5.82 Å². The Hall–Kier alpha value is -3.82. The van der Waals surface area contributed by atoms with Crippen molar-refractivity contribution in [1.29, 1.82) is 0 Å². The Labute approximate surface area is 164 Å². The first-order valence-corrected chi connectivity index (χ1v) is 8.78. The lowest BCUT2D eigenvalue weighted by atomic mass is 10.1. The van der Waals surface area contributed by atoms with Crippen LogP contribution >= 0.6 is 0 Å². The van der Waals surface area contributed by atoms with Gasteiger partial charge in [-0.05, 0) is 24.3 Å². The molecule has 3 aromatic rings. The van der Waals surface area contributed by atoms with E-state index in [0.717, 1.165) is 12.4 Å². The lowest BCUT2D eigenvalue weighted by molar-refractivity contribution is -0.119. The van der Waals surface area contributed by atoms with Crippen LogP contribution in [0.4, 0.5) is 14.9 Å². The van der Waals surface area contributed by atoms with Crippen molar-refractivity contribution in [3.63, 3.8) is 0 Å². The summed E-state index contributed by atoms with van der Waals surface area (Å²) in [6, 6.07) is 6.00. The third kappa shape index (κ3) is 3.51. The fourth-order valence-corrected chi connectivity index (χ4v) is 3.13. The van der Waals surface area contributed by atoms with Crippen molar-refractivity contribution in [2.45, 2.75) is 13.0 Å². The first kappa shape index (κ1) is 18.5. The number of nitrogens with zero attached hydrogens (tertiary/aromatic N) is 4. The van der Waals surface area contributed by atoms with Crippen LogP contribution in [-0.2, 0) is 9.53 Å². The minimum atomic E-state index is -0.586. The molecular formula is C19H16FN5O4. The standard InChI is InChI=1S/C19H16FN5O4/c1-11(26)21-7-15-10-29-19(28)25(15)14-4-2-12(3-5-14)17(27)16-8-23-18-22-6-13(20)9-24(16)18/h2-6,8-9,15H,7,10H2,1H3,(H,21,26). The minimum Gasteiger partial charge on any atom is -0.447 e. The molecular weight excluding hydrogens is 381 g/mol. The van der Waals surface area contributed by atoms with E-state index >= 15 is 0 Å². The van der Waals surface area contributed by atoms with Crippen molar-refractivity contribution in [3.8, 4) is 0 Å². The van der Waals surface area contributed by atoms with Crippen LogP contribution in [0.5, 0.6) is 0 Å². The number of hydrogen-bond donors (Lipinski definition) is 1. The molecule has 148 valence electrons. The quantitative estimate of drug-likeness (QED) is 0.655. The number of carbonyl (C=O) groups is 3. The topological polar surface area (TPSA) is 106 Å². The monoisotopic (exact) mass is 397 g/mol. The highest BCUT2D eigenvalue weighted by molar-refractivity contribution is 6.08. The van der Waals surface area contributed by atoms with E-state index in [1.54, 1.807) is 24.3 Å². The number of halogens is 1. The molecule has 1 atom stereocenters. The zero-order valence-corrected chi connectivity index (χ0v) is 15.3. The zero-order valence-electron chi connectivity index (χ0n) is 15.3. The Balaban J connectivity index is 1.58. The Morgan fingerprint density at radius 2 is 1.97 bits per heavy atom. The number of rotatable bonds is 5. The molecule has 1 aliphatic heterocycles. The molecule has 2 amide bonds. The average molecular weight is 397 g/mol. The van der Waals surface area contributed by atoms with E-state index in [-0.39, 0.29) is 42.4 Å². The summed E-state index contributed by atoms with van der Waals surface area (Å²) in [5, 5.41) is 2.66. The van der Waals surface area contributed by atoms with Gasteiger partial charge in [0.2, 0.25) is 17.5 Å². The Kier molecular flexibility index (Phi) is 4.67. The van der Waals surface area contributed by atoms with Crippen molar-refractivity contribution < 1.29 is 23.5 Å². The summed E-state index contributed by atoms with van der Waals surface area (Å²) >= 11 is 0. The first-order chi connectivity index (χ1) is 13.9. The predicted octanol–water partition coefficient (Wildman–Crippen LogP) is 1.56. The molecule has 0 radical (unpaired) electrons. The molecule has 3 heterocycles. The molecule has 0 aliphatic carbocycles. The Morgan fingerprint density at radius 1 is 1.24 bits per heavy atom. The smallest absolute Gasteiger partial charge is 0.414 e. The van der Waals surface area contributed by atoms with E-state index in [2.05, 4.69) is 15.3 Å². The number of amides is 2. The number of anilines is 1. The number of fused-ring (bicyclic) bond motifs is 1. The van der Waals surface area contributed by atoms with Gasteiger partial charge in [0.25, 0.3) is 0 Å². The summed E-state index contributed by atoms with van der Waals surface area (Å²) in [4.78, 5) is 45.3. The number of benzene rings is 1. The molecule has 1 aliphatic rings. The van der Waals surface area contributed by atoms with Crippen molar-refractivity contribution in [1.82, 2.24) is 19.7 Å². The van der Waals surface area contributed by atoms with Crippen LogP contribution < -0.4 is 10.2 Å². The lowest BCUT2D eigenvalue weighted by Gasteiger charge is -2.21. The van der Waals surface area contributed by atoms with E-state index in [0.29, 0.717) is 11.3 Å². The number of imidazole rings is 1. The van der Waals surface area contributed by atoms with Gasteiger partial charge in [-0.3, -0.25) is 18.9 Å². The maximum absolute atomic E-state index is 13.5. The minimum absolute atomic E-state index is 0.153. The maximum Gasteiger partial charge on any atom is 0.414 e. The normalized spacial score (nSPS) is 16.1. The van der Waals surface area contributed by atoms with Crippen molar-refractivity contribution in [2.75, 3.05) is 18.1 Å². The number of ketones is 1. The fraction of sp³-hybridized carbons (Fsp3) is 0.211. The summed E-state index contributed by atoms with van der Waals surface area (Å²) < 4.78 is 19.8. The second kappa shape index (κ2) is 7.30. The summed E-state index contributed by atoms with van der Waals surface area (Å²) in [5.74, 6) is -0.941. The molecule has 9 nitrogen and oxygen atoms in total. The van der Waals surface area contributed by atoms with Crippen molar-refractivity contribution in [3.05, 3.63) is 59.9 Å². The summed E-state index contributed by atoms with van der Waals surface area (Å²) in [5.41, 5.74) is 1.04. The van der Waals surface area contributed by atoms with Gasteiger partial charge in [-0.15, -0.1) is 0 Å². The molecule has 0 bridgehead atoms. The second-order valence-electron chi connectivity index (χ2n) is 6.50. The first-order valence-electron chi connectivity index (χ1n) is 8.78. The molecule has 1 aromatic carbocycles. The third-order valence-corrected chi connectivity index (χ3v) is 4.52. The van der Waals surface area contributed by atoms with Crippen LogP contribution in [-0.4, -0.2) is 51.3 Å². The van der Waals surface area contributed by atoms with Crippen LogP contribution in [0.25, 0.3) is 5.78 Å². The second-order valence-corrected chi connectivity index (χ2v) is 6.50. The van der Waals surface area contributed by atoms with Gasteiger partial charge >= 0.3 is 6.09 Å². The van der Waals surface area contributed by atoms with Crippen LogP contribution in [0.2, 0.25) is 0 Å². The predicted molar refractivity (Wildman–Crippen MR) is 99.1 cm³/mol. The molecule has 29 heavy (non-hydrogen) atoms. The van der Waals surface area contributed by atoms with Gasteiger partial charge in [0.1, 0.15) is 12.3 Å². The molecule has 1 saturated heterocycles. The maximum atomic E-state index is 13.5. The number of cyclic esters (lactones) is 1. The Morgan fingerprint density at radius 3 is 2.69 bits per heavy atom. The molecule has 4 rings (SSSR count). The molecule has 0 saturated carbocycles. The highest BCUT2D eigenvalue weighted by Crippen LogP contribution is 2.24. The van der Waals surface area contributed by atoms with Crippen molar-refractivity contribution >= 4 is 29.2 Å². The molecule has 0 spiro atoms. The SMILES string of the molecule is CC(=O)NCC1COC(=O)N1c1ccc(C(=O)c2cnc3ncc(F)cn23)cc1. The summed E-state index contributed by atoms with van der Waals surface area (Å²) in [6.07, 6.45) is 2.98. The van der Waals surface area contributed by atoms with E-state index in [4.69, 9.17) is 4.74 Å². The third-order valence-electron chi connectivity index (χ3n) is 4.52. The average Bonchev–Trinajstić information content (AvgIpc) is 3.29. The van der Waals surface area contributed by atoms with Gasteiger partial charge < -0.3 is 10.1 Å². The largest absolute Gasteiger partial charge is 0.447 e. The summed E-state index contributed by atoms with van der Waals surface area (Å²) in [6.45, 7) is 1.80. The molecule has 1 fully saturated rings. The van der Waals surface area contributed by atoms with Crippen LogP contribution in [0.15, 0.2) is 42.9 Å². The van der Waals surface area contributed by atoms with Gasteiger partial charge in [-0.1, -0.05) is 0 Å². The van der Waals surface area contributed by atoms with E-state index in [1.807, 2.05) is 0 Å².